The summed E-state index contributed by atoms with van der Waals surface area (Å²) in [6.07, 6.45) is 0. The second-order valence-corrected chi connectivity index (χ2v) is 5.13. The number of nitrogens with zero attached hydrogens (tertiary/aromatic N) is 1. The zero-order valence-corrected chi connectivity index (χ0v) is 11.4. The van der Waals surface area contributed by atoms with Gasteiger partial charge in [0.25, 0.3) is 0 Å². The Kier molecular flexibility index (Phi) is 3.42. The van der Waals surface area contributed by atoms with Crippen LogP contribution < -0.4 is 4.74 Å². The van der Waals surface area contributed by atoms with Crippen LogP contribution in [0, 0.1) is 0 Å². The maximum atomic E-state index is 5.49. The normalized spacial score (nSPS) is 10.8. The monoisotopic (exact) mass is 270 g/mol. The summed E-state index contributed by atoms with van der Waals surface area (Å²) >= 11 is 1.63. The third kappa shape index (κ3) is 2.74. The fourth-order valence-corrected chi connectivity index (χ4v) is 2.69. The topological polar surface area (TPSA) is 37.9 Å². The molecule has 96 valence electrons. The Bertz CT molecular complexity index is 679. The quantitative estimate of drug-likeness (QED) is 0.775. The number of aromatic nitrogens is 2. The molecule has 0 fully saturated rings. The van der Waals surface area contributed by atoms with Crippen LogP contribution in [0.25, 0.3) is 11.0 Å². The van der Waals surface area contributed by atoms with Crippen molar-refractivity contribution in [3.8, 4) is 5.75 Å². The maximum absolute atomic E-state index is 5.49. The summed E-state index contributed by atoms with van der Waals surface area (Å²) in [6.45, 7) is 2.65. The highest BCUT2D eigenvalue weighted by Crippen LogP contribution is 2.28. The highest BCUT2D eigenvalue weighted by atomic mass is 32.2. The van der Waals surface area contributed by atoms with Gasteiger partial charge >= 0.3 is 0 Å². The molecule has 0 saturated heterocycles. The molecule has 3 nitrogen and oxygen atoms in total. The van der Waals surface area contributed by atoms with Crippen molar-refractivity contribution in [3.05, 3.63) is 48.5 Å². The molecule has 0 amide bonds. The van der Waals surface area contributed by atoms with Crippen molar-refractivity contribution in [1.82, 2.24) is 9.97 Å². The average molecular weight is 270 g/mol. The molecule has 1 N–H and O–H groups in total. The van der Waals surface area contributed by atoms with Crippen molar-refractivity contribution in [3.63, 3.8) is 0 Å². The highest BCUT2D eigenvalue weighted by molar-refractivity contribution is 7.99. The molecular formula is C15H14N2OS. The van der Waals surface area contributed by atoms with E-state index < -0.39 is 0 Å². The SMILES string of the molecule is CCOc1ccc2nc(Sc3ccccc3)[nH]c2c1. The Hall–Kier alpha value is -1.94. The number of ether oxygens (including phenoxy) is 1. The molecule has 3 rings (SSSR count). The summed E-state index contributed by atoms with van der Waals surface area (Å²) in [5.74, 6) is 0.870. The first-order valence-electron chi connectivity index (χ1n) is 6.20. The van der Waals surface area contributed by atoms with Gasteiger partial charge in [0, 0.05) is 11.0 Å². The Morgan fingerprint density at radius 1 is 1.16 bits per heavy atom. The van der Waals surface area contributed by atoms with Crippen LogP contribution >= 0.6 is 11.8 Å². The van der Waals surface area contributed by atoms with Crippen molar-refractivity contribution in [2.24, 2.45) is 0 Å². The first kappa shape index (κ1) is 12.1. The van der Waals surface area contributed by atoms with Gasteiger partial charge in [-0.05, 0) is 31.2 Å². The fourth-order valence-electron chi connectivity index (χ4n) is 1.87. The largest absolute Gasteiger partial charge is 0.494 e. The predicted molar refractivity (Wildman–Crippen MR) is 77.8 cm³/mol. The van der Waals surface area contributed by atoms with E-state index >= 15 is 0 Å². The summed E-state index contributed by atoms with van der Waals surface area (Å²) in [5, 5.41) is 0.898. The van der Waals surface area contributed by atoms with Crippen LogP contribution in [0.1, 0.15) is 6.92 Å². The van der Waals surface area contributed by atoms with Crippen LogP contribution in [0.3, 0.4) is 0 Å². The van der Waals surface area contributed by atoms with Crippen LogP contribution in [0.2, 0.25) is 0 Å². The Morgan fingerprint density at radius 3 is 2.79 bits per heavy atom. The van der Waals surface area contributed by atoms with Crippen LogP contribution in [0.5, 0.6) is 5.75 Å². The van der Waals surface area contributed by atoms with E-state index in [0.29, 0.717) is 6.61 Å². The van der Waals surface area contributed by atoms with E-state index in [1.165, 1.54) is 4.90 Å². The average Bonchev–Trinajstić information content (AvgIpc) is 2.82. The van der Waals surface area contributed by atoms with Gasteiger partial charge in [-0.15, -0.1) is 0 Å². The van der Waals surface area contributed by atoms with Gasteiger partial charge in [-0.2, -0.15) is 0 Å². The molecule has 3 aromatic rings. The Morgan fingerprint density at radius 2 is 2.00 bits per heavy atom. The number of hydrogen-bond acceptors (Lipinski definition) is 3. The van der Waals surface area contributed by atoms with Gasteiger partial charge in [-0.25, -0.2) is 4.98 Å². The van der Waals surface area contributed by atoms with E-state index in [1.807, 2.05) is 43.3 Å². The fraction of sp³-hybridized carbons (Fsp3) is 0.133. The van der Waals surface area contributed by atoms with E-state index in [4.69, 9.17) is 4.74 Å². The van der Waals surface area contributed by atoms with Crippen LogP contribution in [0.4, 0.5) is 0 Å². The molecule has 0 radical (unpaired) electrons. The van der Waals surface area contributed by atoms with Crippen LogP contribution in [-0.2, 0) is 0 Å². The van der Waals surface area contributed by atoms with Gasteiger partial charge < -0.3 is 9.72 Å². The van der Waals surface area contributed by atoms with Crippen molar-refractivity contribution in [2.75, 3.05) is 6.61 Å². The molecular weight excluding hydrogens is 256 g/mol. The standard InChI is InChI=1S/C15H14N2OS/c1-2-18-11-8-9-13-14(10-11)17-15(16-13)19-12-6-4-3-5-7-12/h3-10H,2H2,1H3,(H,16,17). The minimum absolute atomic E-state index is 0.672. The van der Waals surface area contributed by atoms with Crippen molar-refractivity contribution >= 4 is 22.8 Å². The maximum Gasteiger partial charge on any atom is 0.171 e. The van der Waals surface area contributed by atoms with Crippen molar-refractivity contribution in [1.29, 1.82) is 0 Å². The molecule has 0 unspecified atom stereocenters. The molecule has 0 atom stereocenters. The summed E-state index contributed by atoms with van der Waals surface area (Å²) in [6, 6.07) is 16.1. The molecule has 2 aromatic carbocycles. The lowest BCUT2D eigenvalue weighted by atomic mass is 10.3. The van der Waals surface area contributed by atoms with Gasteiger partial charge in [0.05, 0.1) is 17.6 Å². The lowest BCUT2D eigenvalue weighted by Crippen LogP contribution is -1.90. The molecule has 1 aromatic heterocycles. The number of nitrogens with one attached hydrogen (secondary N) is 1. The van der Waals surface area contributed by atoms with E-state index in [1.54, 1.807) is 11.8 Å². The minimum Gasteiger partial charge on any atom is -0.494 e. The number of fused-ring (bicyclic) bond motifs is 1. The zero-order chi connectivity index (χ0) is 13.1. The second kappa shape index (κ2) is 5.36. The summed E-state index contributed by atoms with van der Waals surface area (Å²) < 4.78 is 5.49. The molecule has 4 heteroatoms. The number of aromatic amines is 1. The van der Waals surface area contributed by atoms with E-state index in [-0.39, 0.29) is 0 Å². The van der Waals surface area contributed by atoms with E-state index in [2.05, 4.69) is 22.1 Å². The first-order valence-corrected chi connectivity index (χ1v) is 7.02. The third-order valence-electron chi connectivity index (χ3n) is 2.70. The number of imidazole rings is 1. The van der Waals surface area contributed by atoms with Crippen molar-refractivity contribution in [2.45, 2.75) is 17.0 Å². The van der Waals surface area contributed by atoms with E-state index in [9.17, 15) is 0 Å². The summed E-state index contributed by atoms with van der Waals surface area (Å²) in [4.78, 5) is 9.05. The van der Waals surface area contributed by atoms with Gasteiger partial charge in [0.1, 0.15) is 5.75 Å². The highest BCUT2D eigenvalue weighted by Gasteiger charge is 2.05. The lowest BCUT2D eigenvalue weighted by Gasteiger charge is -2.00. The minimum atomic E-state index is 0.672. The smallest absolute Gasteiger partial charge is 0.171 e. The molecule has 0 bridgehead atoms. The summed E-state index contributed by atoms with van der Waals surface area (Å²) in [5.41, 5.74) is 1.96. The molecule has 1 heterocycles. The molecule has 0 spiro atoms. The number of H-pyrrole nitrogens is 1. The van der Waals surface area contributed by atoms with Gasteiger partial charge in [-0.3, -0.25) is 0 Å². The molecule has 0 aliphatic rings. The number of hydrogen-bond donors (Lipinski definition) is 1. The van der Waals surface area contributed by atoms with Gasteiger partial charge in [0.15, 0.2) is 5.16 Å². The number of benzene rings is 2. The third-order valence-corrected chi connectivity index (χ3v) is 3.59. The predicted octanol–water partition coefficient (Wildman–Crippen LogP) is 4.11. The summed E-state index contributed by atoms with van der Waals surface area (Å²) in [7, 11) is 0. The Balaban J connectivity index is 1.89. The van der Waals surface area contributed by atoms with Crippen LogP contribution in [0.15, 0.2) is 58.6 Å². The zero-order valence-electron chi connectivity index (χ0n) is 10.6. The lowest BCUT2D eigenvalue weighted by molar-refractivity contribution is 0.340. The van der Waals surface area contributed by atoms with Crippen molar-refractivity contribution < 1.29 is 4.74 Å². The number of rotatable bonds is 4. The van der Waals surface area contributed by atoms with Gasteiger partial charge in [-0.1, -0.05) is 30.0 Å². The molecule has 0 aliphatic carbocycles. The first-order chi connectivity index (χ1) is 9.35. The second-order valence-electron chi connectivity index (χ2n) is 4.07. The molecule has 0 saturated carbocycles. The molecule has 0 aliphatic heterocycles. The van der Waals surface area contributed by atoms with Crippen LogP contribution in [-0.4, -0.2) is 16.6 Å². The van der Waals surface area contributed by atoms with E-state index in [0.717, 1.165) is 21.9 Å². The Labute approximate surface area is 116 Å². The molecule has 19 heavy (non-hydrogen) atoms. The van der Waals surface area contributed by atoms with Gasteiger partial charge in [0.2, 0.25) is 0 Å².